The summed E-state index contributed by atoms with van der Waals surface area (Å²) >= 11 is 0. The molecule has 27 heavy (non-hydrogen) atoms. The van der Waals surface area contributed by atoms with Gasteiger partial charge < -0.3 is 15.0 Å². The first-order valence-electron chi connectivity index (χ1n) is 8.73. The van der Waals surface area contributed by atoms with E-state index in [-0.39, 0.29) is 30.9 Å². The van der Waals surface area contributed by atoms with Crippen molar-refractivity contribution >= 4 is 22.8 Å². The van der Waals surface area contributed by atoms with Crippen molar-refractivity contribution in [2.45, 2.75) is 25.4 Å². The van der Waals surface area contributed by atoms with E-state index >= 15 is 0 Å². The Morgan fingerprint density at radius 1 is 1.07 bits per heavy atom. The number of benzene rings is 2. The molecule has 6 heteroatoms. The second kappa shape index (κ2) is 6.72. The molecule has 6 nitrogen and oxygen atoms in total. The van der Waals surface area contributed by atoms with Gasteiger partial charge in [0.1, 0.15) is 6.04 Å². The Kier molecular flexibility index (Phi) is 4.24. The normalized spacial score (nSPS) is 16.1. The Hall–Kier alpha value is -3.41. The topological polar surface area (TPSA) is 90.5 Å². The minimum absolute atomic E-state index is 0.133. The third kappa shape index (κ3) is 3.21. The van der Waals surface area contributed by atoms with E-state index < -0.39 is 12.0 Å². The molecule has 3 aromatic rings. The van der Waals surface area contributed by atoms with Gasteiger partial charge in [-0.25, -0.2) is 4.79 Å². The first-order valence-corrected chi connectivity index (χ1v) is 8.73. The maximum atomic E-state index is 12.9. The van der Waals surface area contributed by atoms with Crippen LogP contribution in [0.2, 0.25) is 0 Å². The van der Waals surface area contributed by atoms with Gasteiger partial charge in [-0.1, -0.05) is 42.5 Å². The lowest BCUT2D eigenvalue weighted by atomic mass is 9.93. The molecular weight excluding hydrogens is 344 g/mol. The zero-order chi connectivity index (χ0) is 19.0. The van der Waals surface area contributed by atoms with Crippen molar-refractivity contribution in [2.75, 3.05) is 0 Å². The van der Waals surface area contributed by atoms with E-state index in [1.807, 2.05) is 42.5 Å². The monoisotopic (exact) mass is 362 g/mol. The first kappa shape index (κ1) is 17.0. The van der Waals surface area contributed by atoms with Crippen LogP contribution in [0.4, 0.5) is 0 Å². The second-order valence-corrected chi connectivity index (χ2v) is 6.74. The van der Waals surface area contributed by atoms with Gasteiger partial charge in [0.15, 0.2) is 0 Å². The number of carboxylic acid groups (broad SMARTS) is 1. The minimum Gasteiger partial charge on any atom is -0.480 e. The lowest BCUT2D eigenvalue weighted by Gasteiger charge is -2.34. The van der Waals surface area contributed by atoms with E-state index in [9.17, 15) is 19.5 Å². The Bertz CT molecular complexity index is 1100. The predicted molar refractivity (Wildman–Crippen MR) is 100 cm³/mol. The average Bonchev–Trinajstić information content (AvgIpc) is 2.67. The zero-order valence-electron chi connectivity index (χ0n) is 14.5. The Balaban J connectivity index is 1.65. The summed E-state index contributed by atoms with van der Waals surface area (Å²) in [6.07, 6.45) is 0.136. The molecule has 0 spiro atoms. The molecule has 0 saturated carbocycles. The van der Waals surface area contributed by atoms with Crippen LogP contribution in [0.1, 0.15) is 16.7 Å². The summed E-state index contributed by atoms with van der Waals surface area (Å²) in [6.45, 7) is 0.234. The van der Waals surface area contributed by atoms with Gasteiger partial charge in [0.25, 0.3) is 5.56 Å². The highest BCUT2D eigenvalue weighted by Gasteiger charge is 2.34. The van der Waals surface area contributed by atoms with Crippen LogP contribution in [0.3, 0.4) is 0 Å². The summed E-state index contributed by atoms with van der Waals surface area (Å²) in [5.41, 5.74) is 2.59. The fourth-order valence-electron chi connectivity index (χ4n) is 3.59. The fourth-order valence-corrected chi connectivity index (χ4v) is 3.59. The summed E-state index contributed by atoms with van der Waals surface area (Å²) in [5.74, 6) is -1.40. The number of H-pyrrole nitrogens is 1. The van der Waals surface area contributed by atoms with Crippen molar-refractivity contribution in [2.24, 2.45) is 0 Å². The molecule has 2 aromatic carbocycles. The molecule has 4 rings (SSSR count). The molecular formula is C21H18N2O4. The minimum atomic E-state index is -1.04. The largest absolute Gasteiger partial charge is 0.480 e. The molecule has 1 aliphatic rings. The van der Waals surface area contributed by atoms with Gasteiger partial charge in [0.2, 0.25) is 5.91 Å². The maximum absolute atomic E-state index is 12.9. The van der Waals surface area contributed by atoms with E-state index in [0.29, 0.717) is 11.1 Å². The number of nitrogens with one attached hydrogen (secondary N) is 1. The number of aromatic nitrogens is 1. The molecule has 0 aliphatic carbocycles. The highest BCUT2D eigenvalue weighted by atomic mass is 16.4. The standard InChI is InChI=1S/C21H18N2O4/c24-19(11-16-9-14-6-3-4-8-17(14)22-20(16)25)23-12-15-7-2-1-5-13(15)10-18(23)21(26)27/h1-9,18H,10-12H2,(H,22,25)(H,26,27)/t18-/m1/s1. The van der Waals surface area contributed by atoms with Crippen molar-refractivity contribution in [3.63, 3.8) is 0 Å². The van der Waals surface area contributed by atoms with Gasteiger partial charge in [-0.3, -0.25) is 9.59 Å². The van der Waals surface area contributed by atoms with Gasteiger partial charge in [-0.05, 0) is 28.6 Å². The van der Waals surface area contributed by atoms with Crippen molar-refractivity contribution in [3.8, 4) is 0 Å². The van der Waals surface area contributed by atoms with Crippen molar-refractivity contribution < 1.29 is 14.7 Å². The molecule has 0 radical (unpaired) electrons. The molecule has 1 aliphatic heterocycles. The Morgan fingerprint density at radius 2 is 1.78 bits per heavy atom. The van der Waals surface area contributed by atoms with Crippen molar-refractivity contribution in [3.05, 3.63) is 81.6 Å². The van der Waals surface area contributed by atoms with E-state index in [2.05, 4.69) is 4.98 Å². The number of para-hydroxylation sites is 1. The number of pyridine rings is 1. The summed E-state index contributed by atoms with van der Waals surface area (Å²) in [4.78, 5) is 41.1. The van der Waals surface area contributed by atoms with Crippen LogP contribution in [0.5, 0.6) is 0 Å². The third-order valence-electron chi connectivity index (χ3n) is 5.03. The molecule has 1 atom stereocenters. The third-order valence-corrected chi connectivity index (χ3v) is 5.03. The maximum Gasteiger partial charge on any atom is 0.326 e. The summed E-state index contributed by atoms with van der Waals surface area (Å²) in [5, 5.41) is 10.4. The van der Waals surface area contributed by atoms with Crippen LogP contribution in [-0.4, -0.2) is 32.9 Å². The van der Waals surface area contributed by atoms with Gasteiger partial charge >= 0.3 is 5.97 Å². The van der Waals surface area contributed by atoms with Crippen molar-refractivity contribution in [1.82, 2.24) is 9.88 Å². The van der Waals surface area contributed by atoms with Crippen LogP contribution in [-0.2, 0) is 29.0 Å². The average molecular weight is 362 g/mol. The molecule has 0 fully saturated rings. The van der Waals surface area contributed by atoms with Gasteiger partial charge in [-0.2, -0.15) is 0 Å². The van der Waals surface area contributed by atoms with E-state index in [0.717, 1.165) is 16.5 Å². The lowest BCUT2D eigenvalue weighted by molar-refractivity contribution is -0.151. The molecule has 2 N–H and O–H groups in total. The van der Waals surface area contributed by atoms with Gasteiger partial charge in [0, 0.05) is 24.0 Å². The van der Waals surface area contributed by atoms with Gasteiger partial charge in [-0.15, -0.1) is 0 Å². The van der Waals surface area contributed by atoms with Crippen LogP contribution in [0, 0.1) is 0 Å². The van der Waals surface area contributed by atoms with Crippen LogP contribution in [0.25, 0.3) is 10.9 Å². The molecule has 0 unspecified atom stereocenters. The van der Waals surface area contributed by atoms with E-state index in [1.165, 1.54) is 4.90 Å². The molecule has 1 aromatic heterocycles. The van der Waals surface area contributed by atoms with E-state index in [4.69, 9.17) is 0 Å². The fraction of sp³-hybridized carbons (Fsp3) is 0.190. The number of aliphatic carboxylic acids is 1. The molecule has 0 bridgehead atoms. The molecule has 2 heterocycles. The second-order valence-electron chi connectivity index (χ2n) is 6.74. The van der Waals surface area contributed by atoms with Crippen molar-refractivity contribution in [1.29, 1.82) is 0 Å². The zero-order valence-corrected chi connectivity index (χ0v) is 14.5. The smallest absolute Gasteiger partial charge is 0.326 e. The number of aromatic amines is 1. The lowest BCUT2D eigenvalue weighted by Crippen LogP contribution is -2.49. The number of carbonyl (C=O) groups excluding carboxylic acids is 1. The van der Waals surface area contributed by atoms with Crippen LogP contribution >= 0.6 is 0 Å². The quantitative estimate of drug-likeness (QED) is 0.747. The first-order chi connectivity index (χ1) is 13.0. The number of nitrogens with zero attached hydrogens (tertiary/aromatic N) is 1. The number of hydrogen-bond acceptors (Lipinski definition) is 3. The Labute approximate surface area is 155 Å². The van der Waals surface area contributed by atoms with Crippen LogP contribution in [0.15, 0.2) is 59.4 Å². The number of carboxylic acids is 1. The SMILES string of the molecule is O=C(O)[C@H]1Cc2ccccc2CN1C(=O)Cc1cc2ccccc2[nH]c1=O. The number of hydrogen-bond donors (Lipinski definition) is 2. The highest BCUT2D eigenvalue weighted by molar-refractivity contribution is 5.87. The van der Waals surface area contributed by atoms with Gasteiger partial charge in [0.05, 0.1) is 6.42 Å². The van der Waals surface area contributed by atoms with E-state index in [1.54, 1.807) is 12.1 Å². The molecule has 1 amide bonds. The number of fused-ring (bicyclic) bond motifs is 2. The highest BCUT2D eigenvalue weighted by Crippen LogP contribution is 2.24. The summed E-state index contributed by atoms with van der Waals surface area (Å²) < 4.78 is 0. The number of rotatable bonds is 3. The number of amides is 1. The summed E-state index contributed by atoms with van der Waals surface area (Å²) in [7, 11) is 0. The van der Waals surface area contributed by atoms with Crippen LogP contribution < -0.4 is 5.56 Å². The number of carbonyl (C=O) groups is 2. The summed E-state index contributed by atoms with van der Waals surface area (Å²) in [6, 6.07) is 15.6. The predicted octanol–water partition coefficient (Wildman–Crippen LogP) is 2.11. The molecule has 0 saturated heterocycles. The Morgan fingerprint density at radius 3 is 2.56 bits per heavy atom. The molecule has 136 valence electrons.